The van der Waals surface area contributed by atoms with Gasteiger partial charge in [-0.05, 0) is 12.1 Å². The third-order valence-corrected chi connectivity index (χ3v) is 2.71. The Bertz CT molecular complexity index is 573. The molecular formula is C8H8F3N3O4S. The van der Waals surface area contributed by atoms with Gasteiger partial charge in [0.15, 0.2) is 0 Å². The first kappa shape index (κ1) is 15.2. The molecule has 7 nitrogen and oxygen atoms in total. The van der Waals surface area contributed by atoms with Crippen molar-refractivity contribution in [2.24, 2.45) is 0 Å². The Morgan fingerprint density at radius 1 is 1.42 bits per heavy atom. The molecule has 11 heteroatoms. The molecule has 0 aromatic carbocycles. The molecule has 0 spiro atoms. The predicted molar refractivity (Wildman–Crippen MR) is 57.8 cm³/mol. The standard InChI is InChI=1S/C8H8F3N3O4S/c9-8(10,11)4-13-19(17,18)14-6-3-5(7(15)16)1-2-12-6/h1-3,13H,4H2,(H,12,14)(H,15,16). The number of carbonyl (C=O) groups is 1. The fraction of sp³-hybridized carbons (Fsp3) is 0.250. The average Bonchev–Trinajstić information content (AvgIpc) is 2.25. The number of aromatic carboxylic acids is 1. The van der Waals surface area contributed by atoms with Gasteiger partial charge in [0.1, 0.15) is 12.4 Å². The second kappa shape index (κ2) is 5.40. The normalized spacial score (nSPS) is 12.2. The third kappa shape index (κ3) is 5.52. The largest absolute Gasteiger partial charge is 0.478 e. The van der Waals surface area contributed by atoms with E-state index in [1.165, 1.54) is 4.72 Å². The van der Waals surface area contributed by atoms with Gasteiger partial charge in [0.25, 0.3) is 0 Å². The quantitative estimate of drug-likeness (QED) is 0.737. The molecule has 0 aliphatic heterocycles. The average molecular weight is 299 g/mol. The molecule has 106 valence electrons. The van der Waals surface area contributed by atoms with Crippen LogP contribution in [0.3, 0.4) is 0 Å². The Morgan fingerprint density at radius 3 is 2.58 bits per heavy atom. The predicted octanol–water partition coefficient (Wildman–Crippen LogP) is 0.588. The number of carboxylic acids is 1. The van der Waals surface area contributed by atoms with Gasteiger partial charge >= 0.3 is 22.4 Å². The summed E-state index contributed by atoms with van der Waals surface area (Å²) in [6, 6.07) is 1.97. The molecule has 1 aromatic heterocycles. The maximum atomic E-state index is 11.8. The number of halogens is 3. The lowest BCUT2D eigenvalue weighted by Gasteiger charge is -2.10. The van der Waals surface area contributed by atoms with Crippen molar-refractivity contribution in [3.05, 3.63) is 23.9 Å². The van der Waals surface area contributed by atoms with Crippen LogP contribution >= 0.6 is 0 Å². The summed E-state index contributed by atoms with van der Waals surface area (Å²) in [5.74, 6) is -1.74. The molecule has 1 aromatic rings. The highest BCUT2D eigenvalue weighted by molar-refractivity contribution is 7.90. The second-order valence-electron chi connectivity index (χ2n) is 3.28. The number of anilines is 1. The molecule has 0 fully saturated rings. The number of carboxylic acid groups (broad SMARTS) is 1. The molecule has 0 aliphatic rings. The zero-order chi connectivity index (χ0) is 14.7. The van der Waals surface area contributed by atoms with E-state index < -0.39 is 34.7 Å². The first-order valence-electron chi connectivity index (χ1n) is 4.62. The monoisotopic (exact) mass is 299 g/mol. The summed E-state index contributed by atoms with van der Waals surface area (Å²) in [4.78, 5) is 14.1. The summed E-state index contributed by atoms with van der Waals surface area (Å²) < 4.78 is 60.9. The highest BCUT2D eigenvalue weighted by Crippen LogP contribution is 2.13. The van der Waals surface area contributed by atoms with Crippen molar-refractivity contribution >= 4 is 22.0 Å². The molecular weight excluding hydrogens is 291 g/mol. The molecule has 0 bridgehead atoms. The molecule has 0 unspecified atom stereocenters. The van der Waals surface area contributed by atoms with Crippen LogP contribution in [0.1, 0.15) is 10.4 Å². The van der Waals surface area contributed by atoms with E-state index in [9.17, 15) is 26.4 Å². The van der Waals surface area contributed by atoms with Crippen LogP contribution in [0.4, 0.5) is 19.0 Å². The summed E-state index contributed by atoms with van der Waals surface area (Å²) >= 11 is 0. The van der Waals surface area contributed by atoms with Crippen molar-refractivity contribution in [1.82, 2.24) is 9.71 Å². The van der Waals surface area contributed by atoms with Gasteiger partial charge < -0.3 is 5.11 Å². The number of aromatic nitrogens is 1. The van der Waals surface area contributed by atoms with Gasteiger partial charge in [-0.25, -0.2) is 9.78 Å². The fourth-order valence-electron chi connectivity index (χ4n) is 0.970. The minimum atomic E-state index is -4.70. The second-order valence-corrected chi connectivity index (χ2v) is 4.78. The van der Waals surface area contributed by atoms with Gasteiger partial charge in [-0.1, -0.05) is 0 Å². The number of alkyl halides is 3. The van der Waals surface area contributed by atoms with Crippen LogP contribution in [0.2, 0.25) is 0 Å². The first-order chi connectivity index (χ1) is 8.59. The molecule has 0 saturated heterocycles. The molecule has 0 saturated carbocycles. The maximum absolute atomic E-state index is 11.8. The van der Waals surface area contributed by atoms with Crippen LogP contribution in [0.15, 0.2) is 18.3 Å². The fourth-order valence-corrected chi connectivity index (χ4v) is 1.78. The van der Waals surface area contributed by atoms with Gasteiger partial charge in [-0.3, -0.25) is 4.72 Å². The number of rotatable bonds is 5. The van der Waals surface area contributed by atoms with E-state index in [1.807, 2.05) is 0 Å². The molecule has 19 heavy (non-hydrogen) atoms. The lowest BCUT2D eigenvalue weighted by atomic mass is 10.3. The summed E-state index contributed by atoms with van der Waals surface area (Å²) in [7, 11) is -4.49. The Morgan fingerprint density at radius 2 is 2.05 bits per heavy atom. The van der Waals surface area contributed by atoms with Gasteiger partial charge in [0, 0.05) is 6.20 Å². The number of nitrogens with zero attached hydrogens (tertiary/aromatic N) is 1. The van der Waals surface area contributed by atoms with E-state index in [0.717, 1.165) is 18.3 Å². The third-order valence-electron chi connectivity index (χ3n) is 1.71. The van der Waals surface area contributed by atoms with Crippen LogP contribution in [0.5, 0.6) is 0 Å². The number of hydrogen-bond acceptors (Lipinski definition) is 4. The van der Waals surface area contributed by atoms with E-state index >= 15 is 0 Å². The lowest BCUT2D eigenvalue weighted by molar-refractivity contribution is -0.121. The van der Waals surface area contributed by atoms with Crippen LogP contribution in [0, 0.1) is 0 Å². The van der Waals surface area contributed by atoms with Crippen molar-refractivity contribution < 1.29 is 31.5 Å². The molecule has 0 aliphatic carbocycles. The van der Waals surface area contributed by atoms with Gasteiger partial charge in [-0.2, -0.15) is 26.3 Å². The Labute approximate surface area is 105 Å². The van der Waals surface area contributed by atoms with Gasteiger partial charge in [0.2, 0.25) is 0 Å². The van der Waals surface area contributed by atoms with Crippen LogP contribution in [0.25, 0.3) is 0 Å². The number of hydrogen-bond donors (Lipinski definition) is 3. The van der Waals surface area contributed by atoms with E-state index in [1.54, 1.807) is 4.72 Å². The zero-order valence-electron chi connectivity index (χ0n) is 9.10. The Hall–Kier alpha value is -1.88. The Balaban J connectivity index is 2.78. The van der Waals surface area contributed by atoms with Crippen LogP contribution < -0.4 is 9.44 Å². The summed E-state index contributed by atoms with van der Waals surface area (Å²) in [5.41, 5.74) is -0.261. The van der Waals surface area contributed by atoms with Crippen molar-refractivity contribution in [3.63, 3.8) is 0 Å². The molecule has 1 rings (SSSR count). The molecule has 1 heterocycles. The van der Waals surface area contributed by atoms with Gasteiger partial charge in [-0.15, -0.1) is 0 Å². The number of pyridine rings is 1. The van der Waals surface area contributed by atoms with Crippen molar-refractivity contribution in [3.8, 4) is 0 Å². The minimum Gasteiger partial charge on any atom is -0.478 e. The van der Waals surface area contributed by atoms with E-state index in [0.29, 0.717) is 0 Å². The van der Waals surface area contributed by atoms with E-state index in [4.69, 9.17) is 5.11 Å². The van der Waals surface area contributed by atoms with Crippen molar-refractivity contribution in [1.29, 1.82) is 0 Å². The minimum absolute atomic E-state index is 0.261. The number of nitrogens with one attached hydrogen (secondary N) is 2. The first-order valence-corrected chi connectivity index (χ1v) is 6.11. The molecule has 0 radical (unpaired) electrons. The summed E-state index contributed by atoms with van der Waals surface area (Å²) in [5, 5.41) is 8.65. The van der Waals surface area contributed by atoms with E-state index in [2.05, 4.69) is 4.98 Å². The van der Waals surface area contributed by atoms with Crippen molar-refractivity contribution in [2.45, 2.75) is 6.18 Å². The zero-order valence-corrected chi connectivity index (χ0v) is 9.92. The highest BCUT2D eigenvalue weighted by atomic mass is 32.2. The summed E-state index contributed by atoms with van der Waals surface area (Å²) in [6.45, 7) is -1.75. The van der Waals surface area contributed by atoms with E-state index in [-0.39, 0.29) is 5.56 Å². The smallest absolute Gasteiger partial charge is 0.402 e. The Kier molecular flexibility index (Phi) is 4.32. The SMILES string of the molecule is O=C(O)c1ccnc(NS(=O)(=O)NCC(F)(F)F)c1. The van der Waals surface area contributed by atoms with Crippen LogP contribution in [-0.4, -0.2) is 37.2 Å². The molecule has 3 N–H and O–H groups in total. The van der Waals surface area contributed by atoms with Crippen LogP contribution in [-0.2, 0) is 10.2 Å². The summed E-state index contributed by atoms with van der Waals surface area (Å²) in [6.07, 6.45) is -3.70. The highest BCUT2D eigenvalue weighted by Gasteiger charge is 2.29. The van der Waals surface area contributed by atoms with Gasteiger partial charge in [0.05, 0.1) is 5.56 Å². The molecule has 0 amide bonds. The topological polar surface area (TPSA) is 108 Å². The maximum Gasteiger partial charge on any atom is 0.402 e. The van der Waals surface area contributed by atoms with Crippen molar-refractivity contribution in [2.75, 3.05) is 11.3 Å². The molecule has 0 atom stereocenters. The lowest BCUT2D eigenvalue weighted by Crippen LogP contribution is -2.37.